The molecule has 0 aliphatic carbocycles. The quantitative estimate of drug-likeness (QED) is 0.777. The predicted octanol–water partition coefficient (Wildman–Crippen LogP) is 3.03. The summed E-state index contributed by atoms with van der Waals surface area (Å²) in [6.07, 6.45) is 0. The molecular weight excluding hydrogens is 317 g/mol. The van der Waals surface area contributed by atoms with E-state index in [1.807, 2.05) is 0 Å². The Morgan fingerprint density at radius 3 is 2.10 bits per heavy atom. The molecule has 1 aromatic carbocycles. The molecule has 0 aliphatic heterocycles. The Labute approximate surface area is 133 Å². The zero-order valence-electron chi connectivity index (χ0n) is 12.3. The number of esters is 1. The van der Waals surface area contributed by atoms with Crippen LogP contribution in [-0.4, -0.2) is 43.6 Å². The number of rotatable bonds is 5. The third-order valence-electron chi connectivity index (χ3n) is 2.86. The molecule has 0 saturated heterocycles. The maximum Gasteiger partial charge on any atom is 0.325 e. The molecule has 0 atom stereocenters. The second-order valence-corrected chi connectivity index (χ2v) is 5.39. The lowest BCUT2D eigenvalue weighted by molar-refractivity contribution is -0.141. The van der Waals surface area contributed by atoms with Crippen LogP contribution in [0.4, 0.5) is 0 Å². The second-order valence-electron chi connectivity index (χ2n) is 4.58. The normalized spacial score (nSPS) is 10.4. The number of amides is 1. The van der Waals surface area contributed by atoms with Gasteiger partial charge in [0.05, 0.1) is 24.3 Å². The molecule has 0 aliphatic rings. The summed E-state index contributed by atoms with van der Waals surface area (Å²) in [5.74, 6) is -0.552. The summed E-state index contributed by atoms with van der Waals surface area (Å²) in [5, 5.41) is 0.463. The van der Waals surface area contributed by atoms with Crippen LogP contribution in [0.1, 0.15) is 24.2 Å². The van der Waals surface area contributed by atoms with E-state index in [0.29, 0.717) is 5.75 Å². The van der Waals surface area contributed by atoms with E-state index in [1.54, 1.807) is 13.8 Å². The molecule has 5 nitrogen and oxygen atoms in total. The van der Waals surface area contributed by atoms with E-state index in [9.17, 15) is 9.59 Å². The van der Waals surface area contributed by atoms with Gasteiger partial charge in [-0.2, -0.15) is 0 Å². The average Bonchev–Trinajstić information content (AvgIpc) is 2.42. The molecule has 0 heterocycles. The highest BCUT2D eigenvalue weighted by molar-refractivity contribution is 6.37. The molecule has 7 heteroatoms. The third kappa shape index (κ3) is 4.25. The molecule has 116 valence electrons. The molecular formula is C14H17Cl2NO4. The Kier molecular flexibility index (Phi) is 6.30. The van der Waals surface area contributed by atoms with E-state index >= 15 is 0 Å². The fraction of sp³-hybridized carbons (Fsp3) is 0.429. The van der Waals surface area contributed by atoms with E-state index in [1.165, 1.54) is 31.3 Å². The number of nitrogens with zero attached hydrogens (tertiary/aromatic N) is 1. The maximum atomic E-state index is 12.5. The molecule has 1 aromatic rings. The summed E-state index contributed by atoms with van der Waals surface area (Å²) in [4.78, 5) is 25.3. The first-order valence-corrected chi connectivity index (χ1v) is 6.98. The number of halogens is 2. The Morgan fingerprint density at radius 2 is 1.71 bits per heavy atom. The van der Waals surface area contributed by atoms with Crippen molar-refractivity contribution in [1.29, 1.82) is 0 Å². The van der Waals surface area contributed by atoms with Gasteiger partial charge < -0.3 is 14.4 Å². The minimum Gasteiger partial charge on any atom is -0.494 e. The monoisotopic (exact) mass is 333 g/mol. The molecule has 1 amide bonds. The van der Waals surface area contributed by atoms with Crippen LogP contribution in [-0.2, 0) is 9.53 Å². The smallest absolute Gasteiger partial charge is 0.325 e. The largest absolute Gasteiger partial charge is 0.494 e. The van der Waals surface area contributed by atoms with E-state index in [4.69, 9.17) is 27.9 Å². The number of ether oxygens (including phenoxy) is 2. The summed E-state index contributed by atoms with van der Waals surface area (Å²) in [6.45, 7) is 3.45. The van der Waals surface area contributed by atoms with Crippen molar-refractivity contribution in [2.24, 2.45) is 0 Å². The van der Waals surface area contributed by atoms with Gasteiger partial charge in [0.1, 0.15) is 6.54 Å². The van der Waals surface area contributed by atoms with Crippen molar-refractivity contribution in [2.45, 2.75) is 19.9 Å². The van der Waals surface area contributed by atoms with Crippen molar-refractivity contribution in [3.05, 3.63) is 27.7 Å². The zero-order chi connectivity index (χ0) is 16.2. The number of benzene rings is 1. The number of carbonyl (C=O) groups excluding carboxylic acids is 2. The Morgan fingerprint density at radius 1 is 1.19 bits per heavy atom. The van der Waals surface area contributed by atoms with E-state index < -0.39 is 5.97 Å². The van der Waals surface area contributed by atoms with Crippen molar-refractivity contribution < 1.29 is 19.1 Å². The van der Waals surface area contributed by atoms with Crippen LogP contribution < -0.4 is 4.74 Å². The standard InChI is InChI=1S/C14H17Cl2NO4/c1-8(2)17(7-12(18)20-3)14(19)9-5-10(15)13(21-4)11(16)6-9/h5-6,8H,7H2,1-4H3. The topological polar surface area (TPSA) is 55.8 Å². The van der Waals surface area contributed by atoms with Gasteiger partial charge in [0.25, 0.3) is 5.91 Å². The first-order valence-electron chi connectivity index (χ1n) is 6.22. The molecule has 21 heavy (non-hydrogen) atoms. The van der Waals surface area contributed by atoms with Crippen LogP contribution >= 0.6 is 23.2 Å². The van der Waals surface area contributed by atoms with E-state index in [0.717, 1.165) is 0 Å². The molecule has 0 unspecified atom stereocenters. The molecule has 0 aromatic heterocycles. The van der Waals surface area contributed by atoms with Crippen LogP contribution in [0.15, 0.2) is 12.1 Å². The minimum absolute atomic E-state index is 0.145. The fourth-order valence-electron chi connectivity index (χ4n) is 1.74. The predicted molar refractivity (Wildman–Crippen MR) is 81.2 cm³/mol. The number of carbonyl (C=O) groups is 2. The first-order chi connectivity index (χ1) is 9.81. The van der Waals surface area contributed by atoms with E-state index in [-0.39, 0.29) is 34.1 Å². The van der Waals surface area contributed by atoms with Crippen LogP contribution in [0.3, 0.4) is 0 Å². The van der Waals surface area contributed by atoms with Gasteiger partial charge in [-0.3, -0.25) is 9.59 Å². The van der Waals surface area contributed by atoms with Gasteiger partial charge in [0, 0.05) is 11.6 Å². The summed E-state index contributed by atoms with van der Waals surface area (Å²) in [6, 6.07) is 2.74. The van der Waals surface area contributed by atoms with E-state index in [2.05, 4.69) is 4.74 Å². The van der Waals surface area contributed by atoms with Gasteiger partial charge in [0.15, 0.2) is 5.75 Å². The Hall–Kier alpha value is -1.46. The van der Waals surface area contributed by atoms with Crippen LogP contribution in [0.5, 0.6) is 5.75 Å². The molecule has 0 spiro atoms. The van der Waals surface area contributed by atoms with Gasteiger partial charge in [0.2, 0.25) is 0 Å². The number of methoxy groups -OCH3 is 2. The molecule has 1 rings (SSSR count). The first kappa shape index (κ1) is 17.6. The van der Waals surface area contributed by atoms with Gasteiger partial charge in [-0.25, -0.2) is 0 Å². The zero-order valence-corrected chi connectivity index (χ0v) is 13.8. The van der Waals surface area contributed by atoms with Crippen LogP contribution in [0.2, 0.25) is 10.0 Å². The van der Waals surface area contributed by atoms with Gasteiger partial charge >= 0.3 is 5.97 Å². The SMILES string of the molecule is COC(=O)CN(C(=O)c1cc(Cl)c(OC)c(Cl)c1)C(C)C. The lowest BCUT2D eigenvalue weighted by Gasteiger charge is -2.25. The Balaban J connectivity index is 3.12. The molecule has 0 radical (unpaired) electrons. The fourth-order valence-corrected chi connectivity index (χ4v) is 2.38. The highest BCUT2D eigenvalue weighted by Gasteiger charge is 2.23. The van der Waals surface area contributed by atoms with Crippen molar-refractivity contribution in [1.82, 2.24) is 4.90 Å². The highest BCUT2D eigenvalue weighted by atomic mass is 35.5. The summed E-state index contributed by atoms with van der Waals surface area (Å²) in [5.41, 5.74) is 0.281. The van der Waals surface area contributed by atoms with Gasteiger partial charge in [-0.05, 0) is 26.0 Å². The summed E-state index contributed by atoms with van der Waals surface area (Å²) >= 11 is 12.0. The summed E-state index contributed by atoms with van der Waals surface area (Å²) < 4.78 is 9.63. The number of hydrogen-bond acceptors (Lipinski definition) is 4. The molecule has 0 bridgehead atoms. The molecule has 0 fully saturated rings. The third-order valence-corrected chi connectivity index (χ3v) is 3.42. The lowest BCUT2D eigenvalue weighted by atomic mass is 10.1. The minimum atomic E-state index is -0.497. The van der Waals surface area contributed by atoms with Crippen molar-refractivity contribution in [3.63, 3.8) is 0 Å². The summed E-state index contributed by atoms with van der Waals surface area (Å²) in [7, 11) is 2.71. The van der Waals surface area contributed by atoms with Crippen LogP contribution in [0, 0.1) is 0 Å². The van der Waals surface area contributed by atoms with Crippen molar-refractivity contribution in [2.75, 3.05) is 20.8 Å². The average molecular weight is 334 g/mol. The lowest BCUT2D eigenvalue weighted by Crippen LogP contribution is -2.41. The Bertz CT molecular complexity index is 523. The second kappa shape index (κ2) is 7.52. The maximum absolute atomic E-state index is 12.5. The van der Waals surface area contributed by atoms with Gasteiger partial charge in [-0.15, -0.1) is 0 Å². The van der Waals surface area contributed by atoms with Gasteiger partial charge in [-0.1, -0.05) is 23.2 Å². The number of hydrogen-bond donors (Lipinski definition) is 0. The molecule has 0 N–H and O–H groups in total. The van der Waals surface area contributed by atoms with Crippen molar-refractivity contribution in [3.8, 4) is 5.75 Å². The molecule has 0 saturated carbocycles. The highest BCUT2D eigenvalue weighted by Crippen LogP contribution is 2.34. The van der Waals surface area contributed by atoms with Crippen molar-refractivity contribution >= 4 is 35.1 Å². The van der Waals surface area contributed by atoms with Crippen LogP contribution in [0.25, 0.3) is 0 Å².